The molecule has 7 nitrogen and oxygen atoms in total. The largest absolute Gasteiger partial charge is 0.504 e. The summed E-state index contributed by atoms with van der Waals surface area (Å²) in [6.07, 6.45) is -0.237. The fraction of sp³-hybridized carbons (Fsp3) is 0.455. The van der Waals surface area contributed by atoms with Gasteiger partial charge in [0, 0.05) is 11.8 Å². The molecule has 2 aliphatic rings. The van der Waals surface area contributed by atoms with Crippen LogP contribution in [0.4, 0.5) is 0 Å². The summed E-state index contributed by atoms with van der Waals surface area (Å²) >= 11 is 0. The van der Waals surface area contributed by atoms with Gasteiger partial charge in [0.05, 0.1) is 53.9 Å². The van der Waals surface area contributed by atoms with Crippen molar-refractivity contribution < 1.29 is 33.5 Å². The number of phenols is 1. The molecular weight excluding hydrogens is 376 g/mol. The van der Waals surface area contributed by atoms with Crippen LogP contribution >= 0.6 is 0 Å². The van der Waals surface area contributed by atoms with Crippen molar-refractivity contribution in [2.45, 2.75) is 12.2 Å². The number of phenolic OH excluding ortho intramolecular Hbond substituents is 1. The summed E-state index contributed by atoms with van der Waals surface area (Å²) in [7, 11) is 6.33. The molecule has 0 unspecified atom stereocenters. The molecule has 0 aromatic heterocycles. The average Bonchev–Trinajstić information content (AvgIpc) is 3.35. The van der Waals surface area contributed by atoms with Gasteiger partial charge in [0.15, 0.2) is 23.0 Å². The second-order valence-corrected chi connectivity index (χ2v) is 7.23. The lowest BCUT2D eigenvalue weighted by atomic mass is 9.84. The SMILES string of the molecule is COc1cc([C@H]2OC[C@H]3[C@@H]2CO[C@@H]3c2cc(OC)c(OC)c(OC)c2)ccc1O. The second-order valence-electron chi connectivity index (χ2n) is 7.23. The van der Waals surface area contributed by atoms with E-state index in [0.29, 0.717) is 36.2 Å². The molecule has 2 heterocycles. The van der Waals surface area contributed by atoms with Crippen molar-refractivity contribution in [1.29, 1.82) is 0 Å². The number of rotatable bonds is 6. The summed E-state index contributed by atoms with van der Waals surface area (Å²) in [4.78, 5) is 0. The van der Waals surface area contributed by atoms with Gasteiger partial charge in [-0.25, -0.2) is 0 Å². The standard InChI is InChI=1S/C22H26O7/c1-24-17-7-12(5-6-16(17)23)20-14-10-29-21(15(14)11-28-20)13-8-18(25-2)22(27-4)19(9-13)26-3/h5-9,14-15,20-21,23H,10-11H2,1-4H3/t14-,15-,20+,21+/m0/s1. The summed E-state index contributed by atoms with van der Waals surface area (Å²) in [6, 6.07) is 9.21. The molecule has 2 aliphatic heterocycles. The number of benzene rings is 2. The highest BCUT2D eigenvalue weighted by atomic mass is 16.5. The number of methoxy groups -OCH3 is 4. The molecule has 2 aromatic rings. The van der Waals surface area contributed by atoms with E-state index in [1.54, 1.807) is 27.4 Å². The highest BCUT2D eigenvalue weighted by Crippen LogP contribution is 2.52. The Morgan fingerprint density at radius 3 is 1.76 bits per heavy atom. The minimum atomic E-state index is -0.127. The highest BCUT2D eigenvalue weighted by molar-refractivity contribution is 5.54. The number of fused-ring (bicyclic) bond motifs is 1. The second kappa shape index (κ2) is 8.00. The minimum Gasteiger partial charge on any atom is -0.504 e. The van der Waals surface area contributed by atoms with Crippen molar-refractivity contribution in [2.75, 3.05) is 41.7 Å². The van der Waals surface area contributed by atoms with Crippen LogP contribution in [0, 0.1) is 11.8 Å². The predicted molar refractivity (Wildman–Crippen MR) is 105 cm³/mol. The Morgan fingerprint density at radius 2 is 1.24 bits per heavy atom. The molecule has 0 spiro atoms. The minimum absolute atomic E-state index is 0.110. The van der Waals surface area contributed by atoms with Gasteiger partial charge in [0.1, 0.15) is 0 Å². The monoisotopic (exact) mass is 402 g/mol. The average molecular weight is 402 g/mol. The Balaban J connectivity index is 1.61. The van der Waals surface area contributed by atoms with Crippen LogP contribution < -0.4 is 18.9 Å². The van der Waals surface area contributed by atoms with E-state index in [4.69, 9.17) is 28.4 Å². The number of aromatic hydroxyl groups is 1. The zero-order valence-corrected chi connectivity index (χ0v) is 17.0. The third kappa shape index (κ3) is 3.34. The maximum Gasteiger partial charge on any atom is 0.203 e. The number of ether oxygens (including phenoxy) is 6. The first kappa shape index (κ1) is 19.7. The predicted octanol–water partition coefficient (Wildman–Crippen LogP) is 3.50. The van der Waals surface area contributed by atoms with Gasteiger partial charge in [0.2, 0.25) is 5.75 Å². The van der Waals surface area contributed by atoms with Crippen molar-refractivity contribution in [3.63, 3.8) is 0 Å². The summed E-state index contributed by atoms with van der Waals surface area (Å²) in [5.74, 6) is 2.72. The van der Waals surface area contributed by atoms with Gasteiger partial charge >= 0.3 is 0 Å². The molecule has 156 valence electrons. The quantitative estimate of drug-likeness (QED) is 0.792. The van der Waals surface area contributed by atoms with E-state index < -0.39 is 0 Å². The summed E-state index contributed by atoms with van der Waals surface area (Å²) < 4.78 is 34.0. The third-order valence-electron chi connectivity index (χ3n) is 5.81. The molecule has 0 amide bonds. The van der Waals surface area contributed by atoms with Crippen LogP contribution in [0.15, 0.2) is 30.3 Å². The van der Waals surface area contributed by atoms with Crippen LogP contribution in [0.3, 0.4) is 0 Å². The van der Waals surface area contributed by atoms with Gasteiger partial charge in [-0.3, -0.25) is 0 Å². The maximum absolute atomic E-state index is 9.87. The molecule has 4 atom stereocenters. The van der Waals surface area contributed by atoms with E-state index >= 15 is 0 Å². The number of hydrogen-bond donors (Lipinski definition) is 1. The van der Waals surface area contributed by atoms with E-state index in [1.807, 2.05) is 24.3 Å². The molecule has 2 fully saturated rings. The zero-order valence-electron chi connectivity index (χ0n) is 17.0. The first-order chi connectivity index (χ1) is 14.1. The van der Waals surface area contributed by atoms with Crippen LogP contribution in [0.1, 0.15) is 23.3 Å². The van der Waals surface area contributed by atoms with Crippen LogP contribution in [0.25, 0.3) is 0 Å². The molecule has 1 N–H and O–H groups in total. The van der Waals surface area contributed by atoms with Crippen LogP contribution in [0.2, 0.25) is 0 Å². The summed E-state index contributed by atoms with van der Waals surface area (Å²) in [5.41, 5.74) is 1.95. The Labute approximate surface area is 170 Å². The molecule has 7 heteroatoms. The lowest BCUT2D eigenvalue weighted by Gasteiger charge is -2.20. The van der Waals surface area contributed by atoms with Gasteiger partial charge in [0.25, 0.3) is 0 Å². The fourth-order valence-corrected chi connectivity index (χ4v) is 4.37. The van der Waals surface area contributed by atoms with E-state index in [0.717, 1.165) is 11.1 Å². The Kier molecular flexibility index (Phi) is 5.43. The van der Waals surface area contributed by atoms with Crippen LogP contribution in [-0.4, -0.2) is 46.8 Å². The molecule has 0 radical (unpaired) electrons. The molecule has 0 saturated carbocycles. The van der Waals surface area contributed by atoms with Gasteiger partial charge in [-0.05, 0) is 35.4 Å². The van der Waals surface area contributed by atoms with Crippen LogP contribution in [0.5, 0.6) is 28.7 Å². The first-order valence-electron chi connectivity index (χ1n) is 9.51. The smallest absolute Gasteiger partial charge is 0.203 e. The molecule has 29 heavy (non-hydrogen) atoms. The van der Waals surface area contributed by atoms with Crippen molar-refractivity contribution >= 4 is 0 Å². The van der Waals surface area contributed by atoms with Crippen molar-refractivity contribution in [1.82, 2.24) is 0 Å². The Bertz CT molecular complexity index is 856. The first-order valence-corrected chi connectivity index (χ1v) is 9.51. The zero-order chi connectivity index (χ0) is 20.5. The van der Waals surface area contributed by atoms with Crippen molar-refractivity contribution in [2.24, 2.45) is 11.8 Å². The summed E-state index contributed by atoms with van der Waals surface area (Å²) in [5, 5.41) is 9.87. The maximum atomic E-state index is 9.87. The fourth-order valence-electron chi connectivity index (χ4n) is 4.37. The van der Waals surface area contributed by atoms with E-state index in [1.165, 1.54) is 7.11 Å². The Hall–Kier alpha value is -2.64. The molecule has 4 rings (SSSR count). The number of hydrogen-bond acceptors (Lipinski definition) is 7. The highest BCUT2D eigenvalue weighted by Gasteiger charge is 2.48. The van der Waals surface area contributed by atoms with Gasteiger partial charge in [-0.2, -0.15) is 0 Å². The van der Waals surface area contributed by atoms with E-state index in [2.05, 4.69) is 0 Å². The Morgan fingerprint density at radius 1 is 0.724 bits per heavy atom. The topological polar surface area (TPSA) is 75.6 Å². The normalized spacial score (nSPS) is 25.5. The van der Waals surface area contributed by atoms with Crippen LogP contribution in [-0.2, 0) is 9.47 Å². The van der Waals surface area contributed by atoms with E-state index in [9.17, 15) is 5.11 Å². The lowest BCUT2D eigenvalue weighted by molar-refractivity contribution is 0.0191. The van der Waals surface area contributed by atoms with Crippen molar-refractivity contribution in [3.8, 4) is 28.7 Å². The van der Waals surface area contributed by atoms with E-state index in [-0.39, 0.29) is 29.8 Å². The molecule has 2 aromatic carbocycles. The lowest BCUT2D eigenvalue weighted by Crippen LogP contribution is -2.15. The van der Waals surface area contributed by atoms with Crippen molar-refractivity contribution in [3.05, 3.63) is 41.5 Å². The molecule has 2 saturated heterocycles. The molecule has 0 aliphatic carbocycles. The van der Waals surface area contributed by atoms with Gasteiger partial charge < -0.3 is 33.5 Å². The summed E-state index contributed by atoms with van der Waals surface area (Å²) in [6.45, 7) is 1.17. The molecular formula is C22H26O7. The van der Waals surface area contributed by atoms with Gasteiger partial charge in [-0.15, -0.1) is 0 Å². The van der Waals surface area contributed by atoms with Gasteiger partial charge in [-0.1, -0.05) is 6.07 Å². The third-order valence-corrected chi connectivity index (χ3v) is 5.81. The molecule has 0 bridgehead atoms.